The van der Waals surface area contributed by atoms with Crippen molar-refractivity contribution < 1.29 is 14.7 Å². The number of benzene rings is 1. The van der Waals surface area contributed by atoms with Crippen LogP contribution in [0, 0.1) is 12.8 Å². The van der Waals surface area contributed by atoms with Crippen molar-refractivity contribution in [3.05, 3.63) is 35.5 Å². The quantitative estimate of drug-likeness (QED) is 0.789. The van der Waals surface area contributed by atoms with E-state index in [9.17, 15) is 9.59 Å². The molecule has 2 rings (SSSR count). The lowest BCUT2D eigenvalue weighted by Gasteiger charge is -2.17. The second kappa shape index (κ2) is 5.99. The number of carbonyl (C=O) groups excluding carboxylic acids is 1. The van der Waals surface area contributed by atoms with Gasteiger partial charge in [-0.05, 0) is 30.0 Å². The van der Waals surface area contributed by atoms with Crippen molar-refractivity contribution in [3.63, 3.8) is 0 Å². The van der Waals surface area contributed by atoms with Gasteiger partial charge in [-0.1, -0.05) is 26.0 Å². The van der Waals surface area contributed by atoms with Gasteiger partial charge in [-0.3, -0.25) is 4.79 Å². The number of aromatic amines is 1. The van der Waals surface area contributed by atoms with E-state index in [1.54, 1.807) is 13.8 Å². The standard InChI is InChI=1S/C16H20N2O3/c1-9(2)15(16(20)21)18-13(19)7-11-8-17-12-6-4-5-10(3)14(11)12/h4-6,8-9,15,17H,7H2,1-3H3,(H,18,19)(H,20,21). The van der Waals surface area contributed by atoms with Gasteiger partial charge in [-0.25, -0.2) is 4.79 Å². The summed E-state index contributed by atoms with van der Waals surface area (Å²) < 4.78 is 0. The molecule has 0 aliphatic carbocycles. The number of rotatable bonds is 5. The van der Waals surface area contributed by atoms with E-state index < -0.39 is 12.0 Å². The maximum atomic E-state index is 12.1. The number of hydrogen-bond donors (Lipinski definition) is 3. The van der Waals surface area contributed by atoms with E-state index in [0.29, 0.717) is 0 Å². The Morgan fingerprint density at radius 3 is 2.67 bits per heavy atom. The molecule has 1 unspecified atom stereocenters. The third kappa shape index (κ3) is 3.24. The second-order valence-electron chi connectivity index (χ2n) is 5.62. The molecule has 3 N–H and O–H groups in total. The Kier molecular flexibility index (Phi) is 4.31. The van der Waals surface area contributed by atoms with Gasteiger partial charge in [0.25, 0.3) is 0 Å². The lowest BCUT2D eigenvalue weighted by Crippen LogP contribution is -2.44. The zero-order valence-electron chi connectivity index (χ0n) is 12.4. The van der Waals surface area contributed by atoms with Crippen LogP contribution >= 0.6 is 0 Å². The van der Waals surface area contributed by atoms with Gasteiger partial charge in [0.05, 0.1) is 6.42 Å². The number of amides is 1. The third-order valence-electron chi connectivity index (χ3n) is 3.60. The number of H-pyrrole nitrogens is 1. The van der Waals surface area contributed by atoms with E-state index in [1.165, 1.54) is 0 Å². The van der Waals surface area contributed by atoms with Crippen molar-refractivity contribution in [2.75, 3.05) is 0 Å². The first kappa shape index (κ1) is 15.1. The summed E-state index contributed by atoms with van der Waals surface area (Å²) in [5.74, 6) is -1.44. The predicted octanol–water partition coefficient (Wildman–Crippen LogP) is 2.24. The summed E-state index contributed by atoms with van der Waals surface area (Å²) in [5, 5.41) is 12.7. The van der Waals surface area contributed by atoms with Crippen molar-refractivity contribution in [2.45, 2.75) is 33.2 Å². The summed E-state index contributed by atoms with van der Waals surface area (Å²) in [5.41, 5.74) is 2.96. The molecule has 0 radical (unpaired) electrons. The van der Waals surface area contributed by atoms with Crippen LogP contribution in [0.5, 0.6) is 0 Å². The first-order valence-electron chi connectivity index (χ1n) is 6.98. The predicted molar refractivity (Wildman–Crippen MR) is 81.1 cm³/mol. The Hall–Kier alpha value is -2.30. The SMILES string of the molecule is Cc1cccc2[nH]cc(CC(=O)NC(C(=O)O)C(C)C)c12. The highest BCUT2D eigenvalue weighted by Gasteiger charge is 2.23. The molecule has 1 aromatic heterocycles. The van der Waals surface area contributed by atoms with Crippen molar-refractivity contribution in [2.24, 2.45) is 5.92 Å². The zero-order chi connectivity index (χ0) is 15.6. The second-order valence-corrected chi connectivity index (χ2v) is 5.62. The average Bonchev–Trinajstić information content (AvgIpc) is 2.80. The summed E-state index contributed by atoms with van der Waals surface area (Å²) in [6, 6.07) is 5.05. The average molecular weight is 288 g/mol. The van der Waals surface area contributed by atoms with Crippen LogP contribution in [0.4, 0.5) is 0 Å². The summed E-state index contributed by atoms with van der Waals surface area (Å²) in [4.78, 5) is 26.4. The Morgan fingerprint density at radius 2 is 2.05 bits per heavy atom. The minimum absolute atomic E-state index is 0.156. The maximum Gasteiger partial charge on any atom is 0.326 e. The molecular weight excluding hydrogens is 268 g/mol. The molecule has 0 fully saturated rings. The van der Waals surface area contributed by atoms with Crippen LogP contribution in [0.2, 0.25) is 0 Å². The molecular formula is C16H20N2O3. The summed E-state index contributed by atoms with van der Waals surface area (Å²) in [6.07, 6.45) is 1.98. The highest BCUT2D eigenvalue weighted by Crippen LogP contribution is 2.22. The number of aromatic nitrogens is 1. The van der Waals surface area contributed by atoms with Crippen molar-refractivity contribution in [1.82, 2.24) is 10.3 Å². The van der Waals surface area contributed by atoms with E-state index in [2.05, 4.69) is 10.3 Å². The maximum absolute atomic E-state index is 12.1. The van der Waals surface area contributed by atoms with Gasteiger partial charge >= 0.3 is 5.97 Å². The van der Waals surface area contributed by atoms with E-state index >= 15 is 0 Å². The fourth-order valence-corrected chi connectivity index (χ4v) is 2.50. The first-order valence-corrected chi connectivity index (χ1v) is 6.98. The Balaban J connectivity index is 2.17. The van der Waals surface area contributed by atoms with E-state index in [-0.39, 0.29) is 18.2 Å². The summed E-state index contributed by atoms with van der Waals surface area (Å²) >= 11 is 0. The molecule has 0 saturated carbocycles. The molecule has 1 aromatic carbocycles. The Bertz CT molecular complexity index is 673. The number of carbonyl (C=O) groups is 2. The molecule has 0 bridgehead atoms. The molecule has 112 valence electrons. The molecule has 1 amide bonds. The highest BCUT2D eigenvalue weighted by atomic mass is 16.4. The first-order chi connectivity index (χ1) is 9.90. The number of hydrogen-bond acceptors (Lipinski definition) is 2. The van der Waals surface area contributed by atoms with Gasteiger partial charge in [0, 0.05) is 17.1 Å². The monoisotopic (exact) mass is 288 g/mol. The Labute approximate surface area is 123 Å². The molecule has 1 heterocycles. The normalized spacial score (nSPS) is 12.6. The molecule has 5 heteroatoms. The van der Waals surface area contributed by atoms with E-state index in [1.807, 2.05) is 31.3 Å². The number of aryl methyl sites for hydroxylation is 1. The lowest BCUT2D eigenvalue weighted by molar-refractivity contribution is -0.143. The summed E-state index contributed by atoms with van der Waals surface area (Å²) in [6.45, 7) is 5.54. The topological polar surface area (TPSA) is 82.2 Å². The van der Waals surface area contributed by atoms with Crippen LogP contribution in [0.15, 0.2) is 24.4 Å². The van der Waals surface area contributed by atoms with Gasteiger partial charge in [0.1, 0.15) is 6.04 Å². The van der Waals surface area contributed by atoms with Gasteiger partial charge in [-0.15, -0.1) is 0 Å². The number of carboxylic acid groups (broad SMARTS) is 1. The van der Waals surface area contributed by atoms with Crippen LogP contribution in [0.1, 0.15) is 25.0 Å². The lowest BCUT2D eigenvalue weighted by atomic mass is 10.0. The van der Waals surface area contributed by atoms with E-state index in [4.69, 9.17) is 5.11 Å². The minimum atomic E-state index is -1.01. The van der Waals surface area contributed by atoms with Crippen molar-refractivity contribution >= 4 is 22.8 Å². The highest BCUT2D eigenvalue weighted by molar-refractivity contribution is 5.92. The molecule has 21 heavy (non-hydrogen) atoms. The van der Waals surface area contributed by atoms with Crippen LogP contribution in [0.3, 0.4) is 0 Å². The summed E-state index contributed by atoms with van der Waals surface area (Å²) in [7, 11) is 0. The van der Waals surface area contributed by atoms with Crippen LogP contribution in [-0.4, -0.2) is 28.0 Å². The molecule has 2 aromatic rings. The number of nitrogens with one attached hydrogen (secondary N) is 2. The molecule has 0 saturated heterocycles. The molecule has 1 atom stereocenters. The molecule has 0 aliphatic heterocycles. The third-order valence-corrected chi connectivity index (χ3v) is 3.60. The van der Waals surface area contributed by atoms with Gasteiger partial charge in [0.15, 0.2) is 0 Å². The minimum Gasteiger partial charge on any atom is -0.480 e. The van der Waals surface area contributed by atoms with Crippen LogP contribution in [-0.2, 0) is 16.0 Å². The number of carboxylic acids is 1. The van der Waals surface area contributed by atoms with Gasteiger partial charge < -0.3 is 15.4 Å². The van der Waals surface area contributed by atoms with Crippen LogP contribution in [0.25, 0.3) is 10.9 Å². The molecule has 0 spiro atoms. The van der Waals surface area contributed by atoms with Crippen molar-refractivity contribution in [1.29, 1.82) is 0 Å². The number of fused-ring (bicyclic) bond motifs is 1. The number of aliphatic carboxylic acids is 1. The van der Waals surface area contributed by atoms with Gasteiger partial charge in [0.2, 0.25) is 5.91 Å². The fraction of sp³-hybridized carbons (Fsp3) is 0.375. The van der Waals surface area contributed by atoms with Crippen LogP contribution < -0.4 is 5.32 Å². The Morgan fingerprint density at radius 1 is 1.33 bits per heavy atom. The van der Waals surface area contributed by atoms with Crippen molar-refractivity contribution in [3.8, 4) is 0 Å². The fourth-order valence-electron chi connectivity index (χ4n) is 2.50. The zero-order valence-corrected chi connectivity index (χ0v) is 12.4. The van der Waals surface area contributed by atoms with E-state index in [0.717, 1.165) is 22.0 Å². The smallest absolute Gasteiger partial charge is 0.326 e. The van der Waals surface area contributed by atoms with Gasteiger partial charge in [-0.2, -0.15) is 0 Å². The largest absolute Gasteiger partial charge is 0.480 e. The molecule has 0 aliphatic rings. The molecule has 5 nitrogen and oxygen atoms in total.